The number of thiophene rings is 1. The van der Waals surface area contributed by atoms with Gasteiger partial charge < -0.3 is 15.7 Å². The number of benzene rings is 1. The van der Waals surface area contributed by atoms with Gasteiger partial charge in [0.2, 0.25) is 0 Å². The molecule has 1 amide bonds. The molecule has 2 aliphatic rings. The van der Waals surface area contributed by atoms with Gasteiger partial charge >= 0.3 is 0 Å². The molecule has 5 heteroatoms. The lowest BCUT2D eigenvalue weighted by molar-refractivity contribution is 0.0935. The Balaban J connectivity index is 1.71. The van der Waals surface area contributed by atoms with Gasteiger partial charge in [0.15, 0.2) is 0 Å². The van der Waals surface area contributed by atoms with Crippen LogP contribution in [0.15, 0.2) is 24.3 Å². The van der Waals surface area contributed by atoms with Gasteiger partial charge in [0.1, 0.15) is 16.9 Å². The first-order valence-corrected chi connectivity index (χ1v) is 7.55. The van der Waals surface area contributed by atoms with Crippen LogP contribution in [0.2, 0.25) is 0 Å². The summed E-state index contributed by atoms with van der Waals surface area (Å²) in [5.74, 6) is 0.239. The van der Waals surface area contributed by atoms with Gasteiger partial charge in [-0.25, -0.2) is 0 Å². The molecule has 0 saturated heterocycles. The maximum atomic E-state index is 12.4. The summed E-state index contributed by atoms with van der Waals surface area (Å²) in [5, 5.41) is 16.7. The second-order valence-corrected chi connectivity index (χ2v) is 6.31. The van der Waals surface area contributed by atoms with Crippen molar-refractivity contribution in [2.75, 3.05) is 5.32 Å². The number of aromatic hydroxyl groups is 1. The molecule has 1 aromatic carbocycles. The maximum absolute atomic E-state index is 12.4. The van der Waals surface area contributed by atoms with Gasteiger partial charge in [-0.15, -0.1) is 11.3 Å². The fourth-order valence-electron chi connectivity index (χ4n) is 2.95. The van der Waals surface area contributed by atoms with Crippen molar-refractivity contribution >= 4 is 22.2 Å². The van der Waals surface area contributed by atoms with E-state index in [9.17, 15) is 9.90 Å². The largest absolute Gasteiger partial charge is 0.508 e. The third kappa shape index (κ3) is 1.70. The standard InChI is InChI=1S/C15H14N2O2S/c18-9-6-4-8(5-7-9)13-16-14(19)12-10-2-1-3-11(10)20-15(12)17-13/h4-7,13,17-18H,1-3H2,(H,16,19)/t13-/m1/s1. The molecule has 1 aromatic heterocycles. The predicted molar refractivity (Wildman–Crippen MR) is 78.3 cm³/mol. The third-order valence-electron chi connectivity index (χ3n) is 3.93. The molecule has 4 nitrogen and oxygen atoms in total. The zero-order valence-corrected chi connectivity index (χ0v) is 11.6. The fraction of sp³-hybridized carbons (Fsp3) is 0.267. The average molecular weight is 286 g/mol. The summed E-state index contributed by atoms with van der Waals surface area (Å²) in [4.78, 5) is 13.7. The first-order valence-electron chi connectivity index (χ1n) is 6.73. The number of carbonyl (C=O) groups excluding carboxylic acids is 1. The summed E-state index contributed by atoms with van der Waals surface area (Å²) in [6, 6.07) is 6.90. The van der Waals surface area contributed by atoms with Crippen LogP contribution in [-0.2, 0) is 12.8 Å². The number of amides is 1. The highest BCUT2D eigenvalue weighted by Gasteiger charge is 2.32. The van der Waals surface area contributed by atoms with Crippen molar-refractivity contribution in [3.63, 3.8) is 0 Å². The van der Waals surface area contributed by atoms with Gasteiger partial charge in [0.05, 0.1) is 5.56 Å². The number of aryl methyl sites for hydroxylation is 1. The molecule has 0 fully saturated rings. The number of fused-ring (bicyclic) bond motifs is 3. The first kappa shape index (κ1) is 11.8. The molecule has 0 unspecified atom stereocenters. The normalized spacial score (nSPS) is 20.0. The van der Waals surface area contributed by atoms with E-state index in [1.54, 1.807) is 23.5 Å². The molecule has 1 atom stereocenters. The molecule has 0 bridgehead atoms. The molecule has 20 heavy (non-hydrogen) atoms. The zero-order chi connectivity index (χ0) is 13.7. The van der Waals surface area contributed by atoms with Crippen LogP contribution in [0.3, 0.4) is 0 Å². The Morgan fingerprint density at radius 1 is 1.15 bits per heavy atom. The lowest BCUT2D eigenvalue weighted by Crippen LogP contribution is -2.38. The molecular weight excluding hydrogens is 272 g/mol. The van der Waals surface area contributed by atoms with E-state index in [0.717, 1.165) is 35.4 Å². The molecule has 3 N–H and O–H groups in total. The van der Waals surface area contributed by atoms with E-state index in [1.807, 2.05) is 12.1 Å². The van der Waals surface area contributed by atoms with E-state index in [2.05, 4.69) is 10.6 Å². The van der Waals surface area contributed by atoms with Crippen LogP contribution >= 0.6 is 11.3 Å². The lowest BCUT2D eigenvalue weighted by atomic mass is 10.1. The van der Waals surface area contributed by atoms with E-state index in [-0.39, 0.29) is 17.8 Å². The molecule has 1 aliphatic carbocycles. The number of phenolic OH excluding ortho intramolecular Hbond substituents is 1. The van der Waals surface area contributed by atoms with Gasteiger partial charge in [-0.1, -0.05) is 12.1 Å². The van der Waals surface area contributed by atoms with Crippen molar-refractivity contribution in [1.82, 2.24) is 5.32 Å². The number of phenols is 1. The van der Waals surface area contributed by atoms with Crippen LogP contribution in [0.5, 0.6) is 5.75 Å². The summed E-state index contributed by atoms with van der Waals surface area (Å²) in [7, 11) is 0. The molecule has 4 rings (SSSR count). The van der Waals surface area contributed by atoms with Gasteiger partial charge in [-0.3, -0.25) is 4.79 Å². The van der Waals surface area contributed by atoms with E-state index in [1.165, 1.54) is 10.4 Å². The number of nitrogens with one attached hydrogen (secondary N) is 2. The summed E-state index contributed by atoms with van der Waals surface area (Å²) < 4.78 is 0. The number of rotatable bonds is 1. The summed E-state index contributed by atoms with van der Waals surface area (Å²) in [5.41, 5.74) is 3.02. The van der Waals surface area contributed by atoms with Crippen molar-refractivity contribution in [1.29, 1.82) is 0 Å². The highest BCUT2D eigenvalue weighted by atomic mass is 32.1. The SMILES string of the molecule is O=C1N[C@@H](c2ccc(O)cc2)Nc2sc3c(c21)CCC3. The highest BCUT2D eigenvalue weighted by molar-refractivity contribution is 7.16. The minimum atomic E-state index is -0.227. The molecule has 102 valence electrons. The Morgan fingerprint density at radius 3 is 2.75 bits per heavy atom. The van der Waals surface area contributed by atoms with E-state index < -0.39 is 0 Å². The summed E-state index contributed by atoms with van der Waals surface area (Å²) in [6.07, 6.45) is 3.03. The van der Waals surface area contributed by atoms with E-state index >= 15 is 0 Å². The molecule has 0 saturated carbocycles. The number of hydrogen-bond donors (Lipinski definition) is 3. The van der Waals surface area contributed by atoms with Crippen molar-refractivity contribution in [3.05, 3.63) is 45.8 Å². The molecular formula is C15H14N2O2S. The predicted octanol–water partition coefficient (Wildman–Crippen LogP) is 2.80. The molecule has 1 aliphatic heterocycles. The number of anilines is 1. The number of carbonyl (C=O) groups is 1. The van der Waals surface area contributed by atoms with Crippen LogP contribution in [-0.4, -0.2) is 11.0 Å². The van der Waals surface area contributed by atoms with Crippen LogP contribution in [0.4, 0.5) is 5.00 Å². The third-order valence-corrected chi connectivity index (χ3v) is 5.15. The van der Waals surface area contributed by atoms with Crippen LogP contribution in [0.25, 0.3) is 0 Å². The van der Waals surface area contributed by atoms with E-state index in [4.69, 9.17) is 0 Å². The highest BCUT2D eigenvalue weighted by Crippen LogP contribution is 2.42. The van der Waals surface area contributed by atoms with Gasteiger partial charge in [0, 0.05) is 4.88 Å². The maximum Gasteiger partial charge on any atom is 0.256 e. The van der Waals surface area contributed by atoms with Gasteiger partial charge in [-0.05, 0) is 42.5 Å². The smallest absolute Gasteiger partial charge is 0.256 e. The van der Waals surface area contributed by atoms with Crippen molar-refractivity contribution < 1.29 is 9.90 Å². The molecule has 0 spiro atoms. The number of hydrogen-bond acceptors (Lipinski definition) is 4. The van der Waals surface area contributed by atoms with E-state index in [0.29, 0.717) is 0 Å². The minimum Gasteiger partial charge on any atom is -0.508 e. The Labute approximate surface area is 120 Å². The van der Waals surface area contributed by atoms with Crippen molar-refractivity contribution in [2.45, 2.75) is 25.4 Å². The monoisotopic (exact) mass is 286 g/mol. The van der Waals surface area contributed by atoms with Crippen LogP contribution in [0, 0.1) is 0 Å². The van der Waals surface area contributed by atoms with Crippen LogP contribution in [0.1, 0.15) is 38.9 Å². The second kappa shape index (κ2) is 4.24. The zero-order valence-electron chi connectivity index (χ0n) is 10.8. The summed E-state index contributed by atoms with van der Waals surface area (Å²) in [6.45, 7) is 0. The second-order valence-electron chi connectivity index (χ2n) is 5.20. The van der Waals surface area contributed by atoms with Crippen LogP contribution < -0.4 is 10.6 Å². The minimum absolute atomic E-state index is 0.0104. The fourth-order valence-corrected chi connectivity index (χ4v) is 4.26. The van der Waals surface area contributed by atoms with Gasteiger partial charge in [0.25, 0.3) is 5.91 Å². The Kier molecular flexibility index (Phi) is 2.50. The lowest BCUT2D eigenvalue weighted by Gasteiger charge is -2.26. The van der Waals surface area contributed by atoms with Gasteiger partial charge in [-0.2, -0.15) is 0 Å². The molecule has 2 heterocycles. The van der Waals surface area contributed by atoms with Crippen molar-refractivity contribution in [3.8, 4) is 5.75 Å². The quantitative estimate of drug-likeness (QED) is 0.755. The van der Waals surface area contributed by atoms with Crippen molar-refractivity contribution in [2.24, 2.45) is 0 Å². The summed E-state index contributed by atoms with van der Waals surface area (Å²) >= 11 is 1.71. The Morgan fingerprint density at radius 2 is 1.95 bits per heavy atom. The molecule has 2 aromatic rings. The molecule has 0 radical (unpaired) electrons. The average Bonchev–Trinajstić information content (AvgIpc) is 2.99. The Hall–Kier alpha value is -2.01. The topological polar surface area (TPSA) is 61.4 Å². The Bertz CT molecular complexity index is 691. The first-order chi connectivity index (χ1) is 9.72.